The van der Waals surface area contributed by atoms with Gasteiger partial charge in [-0.15, -0.1) is 0 Å². The molecule has 64 valence electrons. The van der Waals surface area contributed by atoms with Crippen molar-refractivity contribution in [3.8, 4) is 0 Å². The number of carbonyl (C=O) groups is 1. The van der Waals surface area contributed by atoms with Gasteiger partial charge in [0.15, 0.2) is 0 Å². The van der Waals surface area contributed by atoms with Gasteiger partial charge in [-0.3, -0.25) is 10.7 Å². The molecule has 5 nitrogen and oxygen atoms in total. The number of rotatable bonds is 1. The van der Waals surface area contributed by atoms with E-state index in [2.05, 4.69) is 5.43 Å². The normalized spacial score (nSPS) is 25.2. The van der Waals surface area contributed by atoms with Crippen molar-refractivity contribution >= 4 is 6.09 Å². The molecule has 0 aromatic carbocycles. The van der Waals surface area contributed by atoms with Crippen molar-refractivity contribution in [2.24, 2.45) is 5.84 Å². The lowest BCUT2D eigenvalue weighted by atomic mass is 10.1. The van der Waals surface area contributed by atoms with Crippen LogP contribution in [0.4, 0.5) is 4.79 Å². The predicted molar refractivity (Wildman–Crippen MR) is 39.7 cm³/mol. The van der Waals surface area contributed by atoms with Crippen molar-refractivity contribution in [3.05, 3.63) is 0 Å². The average Bonchev–Trinajstić information content (AvgIpc) is 2.04. The van der Waals surface area contributed by atoms with Crippen LogP contribution < -0.4 is 11.3 Å². The molecule has 0 saturated carbocycles. The first-order valence-corrected chi connectivity index (χ1v) is 3.71. The molecule has 1 aliphatic rings. The lowest BCUT2D eigenvalue weighted by Crippen LogP contribution is -2.53. The molecule has 1 unspecified atom stereocenters. The molecule has 0 spiro atoms. The summed E-state index contributed by atoms with van der Waals surface area (Å²) in [4.78, 5) is 11.9. The Morgan fingerprint density at radius 2 is 2.36 bits per heavy atom. The summed E-state index contributed by atoms with van der Waals surface area (Å²) < 4.78 is 0. The summed E-state index contributed by atoms with van der Waals surface area (Å²) >= 11 is 0. The van der Waals surface area contributed by atoms with Crippen molar-refractivity contribution in [1.29, 1.82) is 0 Å². The molecule has 1 aliphatic heterocycles. The van der Waals surface area contributed by atoms with Gasteiger partial charge in [0.05, 0.1) is 6.17 Å². The third kappa shape index (κ3) is 1.81. The molecule has 1 atom stereocenters. The van der Waals surface area contributed by atoms with Gasteiger partial charge in [-0.05, 0) is 19.3 Å². The van der Waals surface area contributed by atoms with Gasteiger partial charge in [0.25, 0.3) is 0 Å². The highest BCUT2D eigenvalue weighted by atomic mass is 16.4. The number of nitrogens with two attached hydrogens (primary N) is 1. The molecule has 0 aromatic heterocycles. The zero-order chi connectivity index (χ0) is 8.27. The summed E-state index contributed by atoms with van der Waals surface area (Å²) in [5, 5.41) is 8.67. The molecular weight excluding hydrogens is 146 g/mol. The Kier molecular flexibility index (Phi) is 2.67. The minimum absolute atomic E-state index is 0.193. The Balaban J connectivity index is 2.51. The maximum Gasteiger partial charge on any atom is 0.408 e. The van der Waals surface area contributed by atoms with Crippen LogP contribution in [0.15, 0.2) is 0 Å². The van der Waals surface area contributed by atoms with Crippen LogP contribution >= 0.6 is 0 Å². The summed E-state index contributed by atoms with van der Waals surface area (Å²) in [6.45, 7) is 0.587. The maximum atomic E-state index is 10.6. The number of carboxylic acid groups (broad SMARTS) is 1. The van der Waals surface area contributed by atoms with Crippen LogP contribution in [-0.4, -0.2) is 28.8 Å². The van der Waals surface area contributed by atoms with Gasteiger partial charge in [0.2, 0.25) is 0 Å². The Morgan fingerprint density at radius 3 is 2.82 bits per heavy atom. The average molecular weight is 159 g/mol. The van der Waals surface area contributed by atoms with E-state index in [1.165, 1.54) is 4.90 Å². The van der Waals surface area contributed by atoms with E-state index in [9.17, 15) is 4.79 Å². The fourth-order valence-electron chi connectivity index (χ4n) is 1.33. The van der Waals surface area contributed by atoms with Crippen LogP contribution in [0.25, 0.3) is 0 Å². The molecule has 0 bridgehead atoms. The van der Waals surface area contributed by atoms with Crippen LogP contribution in [-0.2, 0) is 0 Å². The van der Waals surface area contributed by atoms with E-state index in [-0.39, 0.29) is 6.17 Å². The standard InChI is InChI=1S/C6H13N3O2/c7-8-5-3-1-2-4-9(5)6(10)11/h5,8H,1-4,7H2,(H,10,11). The van der Waals surface area contributed by atoms with Gasteiger partial charge in [-0.2, -0.15) is 0 Å². The third-order valence-electron chi connectivity index (χ3n) is 1.94. The van der Waals surface area contributed by atoms with E-state index < -0.39 is 6.09 Å². The number of hydrazine groups is 1. The lowest BCUT2D eigenvalue weighted by Gasteiger charge is -2.32. The first-order valence-electron chi connectivity index (χ1n) is 3.71. The Labute approximate surface area is 65.1 Å². The van der Waals surface area contributed by atoms with E-state index in [4.69, 9.17) is 10.9 Å². The second-order valence-corrected chi connectivity index (χ2v) is 2.65. The maximum absolute atomic E-state index is 10.6. The summed E-state index contributed by atoms with van der Waals surface area (Å²) in [5.74, 6) is 5.18. The van der Waals surface area contributed by atoms with E-state index >= 15 is 0 Å². The molecule has 0 radical (unpaired) electrons. The van der Waals surface area contributed by atoms with Gasteiger partial charge < -0.3 is 5.11 Å². The van der Waals surface area contributed by atoms with Crippen molar-refractivity contribution in [2.75, 3.05) is 6.54 Å². The van der Waals surface area contributed by atoms with Crippen LogP contribution in [0.5, 0.6) is 0 Å². The Morgan fingerprint density at radius 1 is 1.64 bits per heavy atom. The molecule has 1 fully saturated rings. The molecule has 0 aromatic rings. The van der Waals surface area contributed by atoms with Gasteiger partial charge in [-0.25, -0.2) is 10.2 Å². The minimum Gasteiger partial charge on any atom is -0.465 e. The van der Waals surface area contributed by atoms with E-state index in [1.807, 2.05) is 0 Å². The lowest BCUT2D eigenvalue weighted by molar-refractivity contribution is 0.0941. The Bertz CT molecular complexity index is 151. The van der Waals surface area contributed by atoms with E-state index in [1.54, 1.807) is 0 Å². The second kappa shape index (κ2) is 3.54. The van der Waals surface area contributed by atoms with E-state index in [0.29, 0.717) is 6.54 Å². The fraction of sp³-hybridized carbons (Fsp3) is 0.833. The number of hydrogen-bond donors (Lipinski definition) is 3. The quantitative estimate of drug-likeness (QED) is 0.370. The zero-order valence-electron chi connectivity index (χ0n) is 6.29. The van der Waals surface area contributed by atoms with Crippen molar-refractivity contribution in [1.82, 2.24) is 10.3 Å². The molecule has 1 amide bonds. The highest BCUT2D eigenvalue weighted by molar-refractivity contribution is 5.65. The van der Waals surface area contributed by atoms with Crippen molar-refractivity contribution in [2.45, 2.75) is 25.4 Å². The number of likely N-dealkylation sites (tertiary alicyclic amines) is 1. The number of piperidine rings is 1. The number of nitrogens with one attached hydrogen (secondary N) is 1. The molecule has 1 heterocycles. The first kappa shape index (κ1) is 8.29. The molecule has 0 aliphatic carbocycles. The summed E-state index contributed by atoms with van der Waals surface area (Å²) in [7, 11) is 0. The van der Waals surface area contributed by atoms with Crippen LogP contribution in [0, 0.1) is 0 Å². The molecule has 1 rings (SSSR count). The van der Waals surface area contributed by atoms with Crippen LogP contribution in [0.2, 0.25) is 0 Å². The summed E-state index contributed by atoms with van der Waals surface area (Å²) in [6, 6.07) is 0. The number of amides is 1. The van der Waals surface area contributed by atoms with Gasteiger partial charge in [0, 0.05) is 6.54 Å². The Hall–Kier alpha value is -0.810. The van der Waals surface area contributed by atoms with Gasteiger partial charge >= 0.3 is 6.09 Å². The molecule has 11 heavy (non-hydrogen) atoms. The SMILES string of the molecule is NNC1CCCCN1C(=O)O. The molecule has 1 saturated heterocycles. The van der Waals surface area contributed by atoms with Gasteiger partial charge in [0.1, 0.15) is 0 Å². The number of nitrogens with zero attached hydrogens (tertiary/aromatic N) is 1. The van der Waals surface area contributed by atoms with Gasteiger partial charge in [-0.1, -0.05) is 0 Å². The topological polar surface area (TPSA) is 78.6 Å². The number of hydrogen-bond acceptors (Lipinski definition) is 3. The second-order valence-electron chi connectivity index (χ2n) is 2.65. The zero-order valence-corrected chi connectivity index (χ0v) is 6.29. The molecule has 4 N–H and O–H groups in total. The fourth-order valence-corrected chi connectivity index (χ4v) is 1.33. The van der Waals surface area contributed by atoms with Crippen LogP contribution in [0.1, 0.15) is 19.3 Å². The largest absolute Gasteiger partial charge is 0.465 e. The molecular formula is C6H13N3O2. The highest BCUT2D eigenvalue weighted by Crippen LogP contribution is 2.13. The van der Waals surface area contributed by atoms with Crippen molar-refractivity contribution < 1.29 is 9.90 Å². The molecule has 5 heteroatoms. The highest BCUT2D eigenvalue weighted by Gasteiger charge is 2.24. The summed E-state index contributed by atoms with van der Waals surface area (Å²) in [6.07, 6.45) is 1.69. The van der Waals surface area contributed by atoms with E-state index in [0.717, 1.165) is 19.3 Å². The van der Waals surface area contributed by atoms with Crippen molar-refractivity contribution in [3.63, 3.8) is 0 Å². The smallest absolute Gasteiger partial charge is 0.408 e. The predicted octanol–water partition coefficient (Wildman–Crippen LogP) is -0.0603. The summed E-state index contributed by atoms with van der Waals surface area (Å²) in [5.41, 5.74) is 2.48. The monoisotopic (exact) mass is 159 g/mol. The minimum atomic E-state index is -0.896. The first-order chi connectivity index (χ1) is 5.25. The van der Waals surface area contributed by atoms with Crippen LogP contribution in [0.3, 0.4) is 0 Å². The third-order valence-corrected chi connectivity index (χ3v) is 1.94.